The molecule has 0 aromatic carbocycles. The first-order valence-corrected chi connectivity index (χ1v) is 7.79. The number of aromatic nitrogens is 2. The fraction of sp³-hybridized carbons (Fsp3) is 0.600. The maximum Gasteiger partial charge on any atom is 0.149 e. The molecule has 5 nitrogen and oxygen atoms in total. The zero-order valence-corrected chi connectivity index (χ0v) is 11.5. The summed E-state index contributed by atoms with van der Waals surface area (Å²) >= 11 is 5.85. The van der Waals surface area contributed by atoms with E-state index in [1.807, 2.05) is 6.92 Å². The minimum absolute atomic E-state index is 0.0672. The SMILES string of the molecule is CCCc1nc(Cl)cc(NCCS(C)(=O)=O)n1. The zero-order valence-electron chi connectivity index (χ0n) is 9.90. The van der Waals surface area contributed by atoms with Crippen LogP contribution in [0.15, 0.2) is 6.07 Å². The van der Waals surface area contributed by atoms with Crippen LogP contribution in [0.4, 0.5) is 5.82 Å². The number of anilines is 1. The Kier molecular flexibility index (Phi) is 5.14. The molecule has 0 saturated carbocycles. The van der Waals surface area contributed by atoms with Gasteiger partial charge in [0.15, 0.2) is 0 Å². The van der Waals surface area contributed by atoms with Gasteiger partial charge in [0.1, 0.15) is 26.6 Å². The van der Waals surface area contributed by atoms with Crippen LogP contribution < -0.4 is 5.32 Å². The third kappa shape index (κ3) is 5.83. The Labute approximate surface area is 107 Å². The van der Waals surface area contributed by atoms with Crippen molar-refractivity contribution in [3.8, 4) is 0 Å². The predicted molar refractivity (Wildman–Crippen MR) is 69.2 cm³/mol. The zero-order chi connectivity index (χ0) is 12.9. The normalized spacial score (nSPS) is 11.5. The van der Waals surface area contributed by atoms with Gasteiger partial charge in [0, 0.05) is 25.3 Å². The first-order chi connectivity index (χ1) is 7.90. The molecule has 1 aromatic rings. The summed E-state index contributed by atoms with van der Waals surface area (Å²) in [5, 5.41) is 3.29. The van der Waals surface area contributed by atoms with Crippen LogP contribution in [0.25, 0.3) is 0 Å². The molecule has 17 heavy (non-hydrogen) atoms. The second-order valence-electron chi connectivity index (χ2n) is 3.80. The topological polar surface area (TPSA) is 72.0 Å². The van der Waals surface area contributed by atoms with E-state index >= 15 is 0 Å². The van der Waals surface area contributed by atoms with E-state index < -0.39 is 9.84 Å². The van der Waals surface area contributed by atoms with Crippen molar-refractivity contribution in [2.45, 2.75) is 19.8 Å². The second-order valence-corrected chi connectivity index (χ2v) is 6.45. The van der Waals surface area contributed by atoms with E-state index in [-0.39, 0.29) is 5.75 Å². The molecular weight excluding hydrogens is 262 g/mol. The summed E-state index contributed by atoms with van der Waals surface area (Å²) in [6, 6.07) is 1.59. The molecule has 0 saturated heterocycles. The Morgan fingerprint density at radius 3 is 2.71 bits per heavy atom. The van der Waals surface area contributed by atoms with Gasteiger partial charge in [0.25, 0.3) is 0 Å². The van der Waals surface area contributed by atoms with Crippen LogP contribution in [0.5, 0.6) is 0 Å². The molecule has 0 aliphatic rings. The molecular formula is C10H16ClN3O2S. The molecule has 0 aliphatic heterocycles. The number of nitrogens with zero attached hydrogens (tertiary/aromatic N) is 2. The number of hydrogen-bond donors (Lipinski definition) is 1. The van der Waals surface area contributed by atoms with Crippen LogP contribution in [0.2, 0.25) is 5.15 Å². The lowest BCUT2D eigenvalue weighted by atomic mass is 10.3. The van der Waals surface area contributed by atoms with Gasteiger partial charge < -0.3 is 5.32 Å². The minimum Gasteiger partial charge on any atom is -0.369 e. The Balaban J connectivity index is 2.64. The molecule has 96 valence electrons. The maximum atomic E-state index is 11.0. The molecule has 0 radical (unpaired) electrons. The average molecular weight is 278 g/mol. The average Bonchev–Trinajstić information content (AvgIpc) is 2.15. The summed E-state index contributed by atoms with van der Waals surface area (Å²) in [7, 11) is -2.96. The molecule has 1 rings (SSSR count). The van der Waals surface area contributed by atoms with Crippen molar-refractivity contribution >= 4 is 27.3 Å². The van der Waals surface area contributed by atoms with Gasteiger partial charge in [-0.05, 0) is 6.42 Å². The molecule has 0 amide bonds. The lowest BCUT2D eigenvalue weighted by Gasteiger charge is -2.06. The molecule has 0 aliphatic carbocycles. The third-order valence-corrected chi connectivity index (χ3v) is 3.13. The van der Waals surface area contributed by atoms with Gasteiger partial charge in [0.05, 0.1) is 5.75 Å². The van der Waals surface area contributed by atoms with Crippen molar-refractivity contribution in [3.05, 3.63) is 17.0 Å². The van der Waals surface area contributed by atoms with Gasteiger partial charge in [-0.15, -0.1) is 0 Å². The highest BCUT2D eigenvalue weighted by Gasteiger charge is 2.04. The second kappa shape index (κ2) is 6.16. The summed E-state index contributed by atoms with van der Waals surface area (Å²) in [4.78, 5) is 8.32. The maximum absolute atomic E-state index is 11.0. The van der Waals surface area contributed by atoms with Gasteiger partial charge in [0.2, 0.25) is 0 Å². The molecule has 1 aromatic heterocycles. The summed E-state index contributed by atoms with van der Waals surface area (Å²) < 4.78 is 21.9. The largest absolute Gasteiger partial charge is 0.369 e. The highest BCUT2D eigenvalue weighted by atomic mass is 35.5. The molecule has 0 unspecified atom stereocenters. The molecule has 0 spiro atoms. The number of aryl methyl sites for hydroxylation is 1. The summed E-state index contributed by atoms with van der Waals surface area (Å²) in [6.45, 7) is 2.35. The van der Waals surface area contributed by atoms with E-state index in [4.69, 9.17) is 11.6 Å². The van der Waals surface area contributed by atoms with E-state index in [2.05, 4.69) is 15.3 Å². The Bertz CT molecular complexity index is 476. The van der Waals surface area contributed by atoms with Crippen molar-refractivity contribution < 1.29 is 8.42 Å². The predicted octanol–water partition coefficient (Wildman–Crippen LogP) is 1.54. The minimum atomic E-state index is -2.96. The molecule has 7 heteroatoms. The Morgan fingerprint density at radius 1 is 1.41 bits per heavy atom. The van der Waals surface area contributed by atoms with Crippen molar-refractivity contribution in [1.82, 2.24) is 9.97 Å². The quantitative estimate of drug-likeness (QED) is 0.799. The van der Waals surface area contributed by atoms with E-state index in [1.165, 1.54) is 6.26 Å². The van der Waals surface area contributed by atoms with Crippen molar-refractivity contribution in [3.63, 3.8) is 0 Å². The number of nitrogens with one attached hydrogen (secondary N) is 1. The first-order valence-electron chi connectivity index (χ1n) is 5.36. The molecule has 0 bridgehead atoms. The van der Waals surface area contributed by atoms with E-state index in [9.17, 15) is 8.42 Å². The molecule has 0 fully saturated rings. The summed E-state index contributed by atoms with van der Waals surface area (Å²) in [5.41, 5.74) is 0. The highest BCUT2D eigenvalue weighted by molar-refractivity contribution is 7.90. The number of halogens is 1. The van der Waals surface area contributed by atoms with Gasteiger partial charge >= 0.3 is 0 Å². The van der Waals surface area contributed by atoms with E-state index in [1.54, 1.807) is 6.07 Å². The summed E-state index contributed by atoms with van der Waals surface area (Å²) in [6.07, 6.45) is 2.88. The smallest absolute Gasteiger partial charge is 0.149 e. The fourth-order valence-corrected chi connectivity index (χ4v) is 1.93. The van der Waals surface area contributed by atoms with Crippen LogP contribution in [0.3, 0.4) is 0 Å². The summed E-state index contributed by atoms with van der Waals surface area (Å²) in [5.74, 6) is 1.30. The van der Waals surface area contributed by atoms with Gasteiger partial charge in [-0.25, -0.2) is 18.4 Å². The lowest BCUT2D eigenvalue weighted by molar-refractivity contribution is 0.602. The van der Waals surface area contributed by atoms with Gasteiger partial charge in [-0.1, -0.05) is 18.5 Å². The van der Waals surface area contributed by atoms with E-state index in [0.29, 0.717) is 23.3 Å². The van der Waals surface area contributed by atoms with Crippen LogP contribution in [-0.4, -0.2) is 36.9 Å². The standard InChI is InChI=1S/C10H16ClN3O2S/c1-3-4-9-13-8(11)7-10(14-9)12-5-6-17(2,15)16/h7H,3-6H2,1-2H3,(H,12,13,14). The number of rotatable bonds is 6. The van der Waals surface area contributed by atoms with Crippen LogP contribution >= 0.6 is 11.6 Å². The van der Waals surface area contributed by atoms with Gasteiger partial charge in [-0.2, -0.15) is 0 Å². The fourth-order valence-electron chi connectivity index (χ4n) is 1.26. The monoisotopic (exact) mass is 277 g/mol. The van der Waals surface area contributed by atoms with Crippen LogP contribution in [-0.2, 0) is 16.3 Å². The lowest BCUT2D eigenvalue weighted by Crippen LogP contribution is -2.15. The van der Waals surface area contributed by atoms with Gasteiger partial charge in [-0.3, -0.25) is 0 Å². The number of hydrogen-bond acceptors (Lipinski definition) is 5. The van der Waals surface area contributed by atoms with Crippen molar-refractivity contribution in [1.29, 1.82) is 0 Å². The Morgan fingerprint density at radius 2 is 2.12 bits per heavy atom. The number of sulfone groups is 1. The van der Waals surface area contributed by atoms with Crippen LogP contribution in [0, 0.1) is 0 Å². The highest BCUT2D eigenvalue weighted by Crippen LogP contribution is 2.12. The van der Waals surface area contributed by atoms with Crippen molar-refractivity contribution in [2.24, 2.45) is 0 Å². The van der Waals surface area contributed by atoms with Crippen molar-refractivity contribution in [2.75, 3.05) is 23.9 Å². The molecule has 1 N–H and O–H groups in total. The third-order valence-electron chi connectivity index (χ3n) is 1.99. The first kappa shape index (κ1) is 14.2. The molecule has 1 heterocycles. The Hall–Kier alpha value is -0.880. The van der Waals surface area contributed by atoms with Crippen LogP contribution in [0.1, 0.15) is 19.2 Å². The van der Waals surface area contributed by atoms with E-state index in [0.717, 1.165) is 12.8 Å². The molecule has 0 atom stereocenters.